The van der Waals surface area contributed by atoms with Gasteiger partial charge < -0.3 is 15.0 Å². The summed E-state index contributed by atoms with van der Waals surface area (Å²) in [4.78, 5) is 28.4. The zero-order chi connectivity index (χ0) is 20.0. The summed E-state index contributed by atoms with van der Waals surface area (Å²) < 4.78 is 1.61. The second-order valence-corrected chi connectivity index (χ2v) is 6.80. The number of hydrogen-bond acceptors (Lipinski definition) is 4. The molecule has 28 heavy (non-hydrogen) atoms. The van der Waals surface area contributed by atoms with Gasteiger partial charge in [0.25, 0.3) is 5.91 Å². The Morgan fingerprint density at radius 1 is 1.29 bits per heavy atom. The third-order valence-electron chi connectivity index (χ3n) is 4.69. The SMILES string of the molecule is CNC(=O)c1cc2nc(-c3ccc4cn[nH]c4c3)n(C(C)C(=O)O)c2cc1Cl. The number of fused-ring (bicyclic) bond motifs is 2. The minimum atomic E-state index is -1.00. The van der Waals surface area contributed by atoms with Crippen molar-refractivity contribution in [3.05, 3.63) is 47.1 Å². The number of aliphatic carboxylic acids is 1. The van der Waals surface area contributed by atoms with Gasteiger partial charge in [-0.25, -0.2) is 9.78 Å². The number of rotatable bonds is 4. The van der Waals surface area contributed by atoms with Crippen molar-refractivity contribution < 1.29 is 14.7 Å². The van der Waals surface area contributed by atoms with Gasteiger partial charge in [0.1, 0.15) is 11.9 Å². The van der Waals surface area contributed by atoms with E-state index in [1.54, 1.807) is 29.8 Å². The van der Waals surface area contributed by atoms with Crippen molar-refractivity contribution in [2.75, 3.05) is 7.05 Å². The van der Waals surface area contributed by atoms with Gasteiger partial charge in [-0.3, -0.25) is 9.89 Å². The van der Waals surface area contributed by atoms with Gasteiger partial charge in [0.15, 0.2) is 0 Å². The van der Waals surface area contributed by atoms with Gasteiger partial charge in [-0.1, -0.05) is 23.7 Å². The monoisotopic (exact) mass is 397 g/mol. The fourth-order valence-corrected chi connectivity index (χ4v) is 3.45. The number of aromatic nitrogens is 4. The number of aromatic amines is 1. The number of nitrogens with one attached hydrogen (secondary N) is 2. The van der Waals surface area contributed by atoms with E-state index in [9.17, 15) is 14.7 Å². The minimum Gasteiger partial charge on any atom is -0.480 e. The van der Waals surface area contributed by atoms with Crippen molar-refractivity contribution in [2.24, 2.45) is 0 Å². The summed E-state index contributed by atoms with van der Waals surface area (Å²) in [7, 11) is 1.51. The highest BCUT2D eigenvalue weighted by atomic mass is 35.5. The zero-order valence-electron chi connectivity index (χ0n) is 15.0. The minimum absolute atomic E-state index is 0.223. The molecule has 8 nitrogen and oxygen atoms in total. The molecule has 0 aliphatic carbocycles. The molecule has 0 radical (unpaired) electrons. The molecule has 142 valence electrons. The molecule has 0 aliphatic rings. The number of carboxylic acid groups (broad SMARTS) is 1. The summed E-state index contributed by atoms with van der Waals surface area (Å²) >= 11 is 6.29. The number of imidazole rings is 1. The van der Waals surface area contributed by atoms with Crippen LogP contribution in [0.15, 0.2) is 36.5 Å². The topological polar surface area (TPSA) is 113 Å². The van der Waals surface area contributed by atoms with Crippen molar-refractivity contribution in [3.8, 4) is 11.4 Å². The molecule has 9 heteroatoms. The molecule has 4 rings (SSSR count). The first-order valence-corrected chi connectivity index (χ1v) is 8.88. The normalized spacial score (nSPS) is 12.4. The van der Waals surface area contributed by atoms with Crippen LogP contribution >= 0.6 is 11.6 Å². The standard InChI is InChI=1S/C19H16ClN5O3/c1-9(19(27)28)25-16-7-13(20)12(18(26)21-2)6-15(16)23-17(25)10-3-4-11-8-22-24-14(11)5-10/h3-9H,1-2H3,(H,21,26)(H,22,24)(H,27,28). The molecule has 1 atom stereocenters. The number of benzene rings is 2. The Balaban J connectivity index is 2.01. The van der Waals surface area contributed by atoms with Crippen molar-refractivity contribution in [2.45, 2.75) is 13.0 Å². The molecule has 4 aromatic rings. The van der Waals surface area contributed by atoms with Crippen molar-refractivity contribution in [3.63, 3.8) is 0 Å². The molecule has 0 fully saturated rings. The van der Waals surface area contributed by atoms with Crippen LogP contribution < -0.4 is 5.32 Å². The van der Waals surface area contributed by atoms with Crippen LogP contribution in [-0.2, 0) is 4.79 Å². The van der Waals surface area contributed by atoms with E-state index in [4.69, 9.17) is 11.6 Å². The van der Waals surface area contributed by atoms with Crippen molar-refractivity contribution in [1.29, 1.82) is 0 Å². The maximum atomic E-state index is 12.1. The highest BCUT2D eigenvalue weighted by Crippen LogP contribution is 2.33. The molecule has 2 heterocycles. The Morgan fingerprint density at radius 2 is 2.07 bits per heavy atom. The smallest absolute Gasteiger partial charge is 0.326 e. The number of halogens is 1. The van der Waals surface area contributed by atoms with Gasteiger partial charge in [0.2, 0.25) is 0 Å². The number of carbonyl (C=O) groups is 2. The van der Waals surface area contributed by atoms with E-state index in [1.807, 2.05) is 18.2 Å². The lowest BCUT2D eigenvalue weighted by atomic mass is 10.1. The fourth-order valence-electron chi connectivity index (χ4n) is 3.21. The van der Waals surface area contributed by atoms with Crippen molar-refractivity contribution in [1.82, 2.24) is 25.1 Å². The molecule has 1 amide bonds. The highest BCUT2D eigenvalue weighted by Gasteiger charge is 2.24. The van der Waals surface area contributed by atoms with Crippen LogP contribution in [0.5, 0.6) is 0 Å². The van der Waals surface area contributed by atoms with Gasteiger partial charge in [-0.05, 0) is 25.1 Å². The molecule has 1 unspecified atom stereocenters. The second-order valence-electron chi connectivity index (χ2n) is 6.39. The first-order chi connectivity index (χ1) is 13.4. The number of carbonyl (C=O) groups excluding carboxylic acids is 1. The predicted octanol–water partition coefficient (Wildman–Crippen LogP) is 3.24. The lowest BCUT2D eigenvalue weighted by Crippen LogP contribution is -2.18. The Hall–Kier alpha value is -3.39. The summed E-state index contributed by atoms with van der Waals surface area (Å²) in [6.07, 6.45) is 1.71. The van der Waals surface area contributed by atoms with E-state index in [0.717, 1.165) is 16.5 Å². The van der Waals surface area contributed by atoms with E-state index in [1.165, 1.54) is 7.05 Å². The van der Waals surface area contributed by atoms with E-state index >= 15 is 0 Å². The summed E-state index contributed by atoms with van der Waals surface area (Å²) in [5.41, 5.74) is 2.82. The van der Waals surface area contributed by atoms with Crippen LogP contribution in [0.2, 0.25) is 5.02 Å². The highest BCUT2D eigenvalue weighted by molar-refractivity contribution is 6.34. The molecule has 0 aliphatic heterocycles. The molecule has 0 spiro atoms. The number of amides is 1. The van der Waals surface area contributed by atoms with Gasteiger partial charge in [-0.15, -0.1) is 0 Å². The van der Waals surface area contributed by atoms with Crippen LogP contribution in [-0.4, -0.2) is 43.8 Å². The first-order valence-electron chi connectivity index (χ1n) is 8.50. The molecule has 0 saturated heterocycles. The first kappa shape index (κ1) is 18.0. The Kier molecular flexibility index (Phi) is 4.27. The van der Waals surface area contributed by atoms with Crippen molar-refractivity contribution >= 4 is 45.4 Å². The summed E-state index contributed by atoms with van der Waals surface area (Å²) in [6.45, 7) is 1.57. The molecular formula is C19H16ClN5O3. The largest absolute Gasteiger partial charge is 0.480 e. The van der Waals surface area contributed by atoms with Gasteiger partial charge in [-0.2, -0.15) is 5.10 Å². The van der Waals surface area contributed by atoms with Gasteiger partial charge >= 0.3 is 5.97 Å². The van der Waals surface area contributed by atoms with Crippen LogP contribution in [0.4, 0.5) is 0 Å². The number of nitrogens with zero attached hydrogens (tertiary/aromatic N) is 3. The molecule has 2 aromatic heterocycles. The van der Waals surface area contributed by atoms with Crippen LogP contribution in [0, 0.1) is 0 Å². The lowest BCUT2D eigenvalue weighted by molar-refractivity contribution is -0.140. The molecule has 0 saturated carbocycles. The maximum absolute atomic E-state index is 12.1. The molecular weight excluding hydrogens is 382 g/mol. The van der Waals surface area contributed by atoms with Crippen LogP contribution in [0.3, 0.4) is 0 Å². The summed E-state index contributed by atoms with van der Waals surface area (Å²) in [6, 6.07) is 7.85. The van der Waals surface area contributed by atoms with E-state index in [-0.39, 0.29) is 16.5 Å². The lowest BCUT2D eigenvalue weighted by Gasteiger charge is -2.14. The second kappa shape index (κ2) is 6.65. The van der Waals surface area contributed by atoms with E-state index in [0.29, 0.717) is 16.9 Å². The van der Waals surface area contributed by atoms with Crippen LogP contribution in [0.25, 0.3) is 33.3 Å². The van der Waals surface area contributed by atoms with Gasteiger partial charge in [0.05, 0.1) is 33.3 Å². The summed E-state index contributed by atoms with van der Waals surface area (Å²) in [5, 5.41) is 20.2. The van der Waals surface area contributed by atoms with Gasteiger partial charge in [0, 0.05) is 18.0 Å². The maximum Gasteiger partial charge on any atom is 0.326 e. The van der Waals surface area contributed by atoms with E-state index < -0.39 is 12.0 Å². The average molecular weight is 398 g/mol. The number of H-pyrrole nitrogens is 1. The van der Waals surface area contributed by atoms with Crippen LogP contribution in [0.1, 0.15) is 23.3 Å². The number of hydrogen-bond donors (Lipinski definition) is 3. The Morgan fingerprint density at radius 3 is 2.79 bits per heavy atom. The molecule has 3 N–H and O–H groups in total. The average Bonchev–Trinajstić information content (AvgIpc) is 3.29. The third kappa shape index (κ3) is 2.78. The fraction of sp³-hybridized carbons (Fsp3) is 0.158. The molecule has 0 bridgehead atoms. The zero-order valence-corrected chi connectivity index (χ0v) is 15.8. The Bertz CT molecular complexity index is 1240. The third-order valence-corrected chi connectivity index (χ3v) is 5.01. The van der Waals surface area contributed by atoms with E-state index in [2.05, 4.69) is 20.5 Å². The quantitative estimate of drug-likeness (QED) is 0.489. The number of carboxylic acids is 1. The molecule has 2 aromatic carbocycles. The Labute approximate surface area is 164 Å². The summed E-state index contributed by atoms with van der Waals surface area (Å²) in [5.74, 6) is -0.880. The predicted molar refractivity (Wildman–Crippen MR) is 106 cm³/mol.